The lowest BCUT2D eigenvalue weighted by Crippen LogP contribution is -2.47. The third kappa shape index (κ3) is 2.81. The van der Waals surface area contributed by atoms with Crippen LogP contribution in [0.1, 0.15) is 12.8 Å². The van der Waals surface area contributed by atoms with Crippen molar-refractivity contribution >= 4 is 17.3 Å². The molecule has 1 fully saturated rings. The molecule has 1 saturated heterocycles. The third-order valence-corrected chi connectivity index (χ3v) is 3.60. The average Bonchev–Trinajstić information content (AvgIpc) is 2.97. The van der Waals surface area contributed by atoms with Gasteiger partial charge in [0.05, 0.1) is 17.5 Å². The lowest BCUT2D eigenvalue weighted by Gasteiger charge is -2.27. The summed E-state index contributed by atoms with van der Waals surface area (Å²) in [6.45, 7) is 2.03. The molecule has 0 spiro atoms. The quantitative estimate of drug-likeness (QED) is 0.765. The maximum atomic E-state index is 12.1. The number of ether oxygens (including phenoxy) is 1. The van der Waals surface area contributed by atoms with E-state index in [1.165, 1.54) is 0 Å². The van der Waals surface area contributed by atoms with E-state index >= 15 is 0 Å². The van der Waals surface area contributed by atoms with Crippen molar-refractivity contribution in [3.05, 3.63) is 24.3 Å². The largest absolute Gasteiger partial charge is 0.381 e. The predicted molar refractivity (Wildman–Crippen MR) is 74.3 cm³/mol. The zero-order valence-corrected chi connectivity index (χ0v) is 10.8. The molecule has 1 aromatic rings. The number of nitrogens with one attached hydrogen (secondary N) is 3. The number of fused-ring (bicyclic) bond motifs is 1. The van der Waals surface area contributed by atoms with Crippen LogP contribution < -0.4 is 16.0 Å². The molecule has 2 aliphatic heterocycles. The van der Waals surface area contributed by atoms with Crippen LogP contribution in [0.5, 0.6) is 0 Å². The van der Waals surface area contributed by atoms with Crippen LogP contribution in [0.25, 0.3) is 0 Å². The minimum absolute atomic E-state index is 0.0255. The number of hydrogen-bond donors (Lipinski definition) is 3. The molecule has 2 heterocycles. The Morgan fingerprint density at radius 2 is 2.21 bits per heavy atom. The minimum atomic E-state index is -0.226. The van der Waals surface area contributed by atoms with Gasteiger partial charge in [-0.3, -0.25) is 4.79 Å². The van der Waals surface area contributed by atoms with E-state index in [-0.39, 0.29) is 18.1 Å². The third-order valence-electron chi connectivity index (χ3n) is 3.60. The average molecular weight is 261 g/mol. The first-order valence-corrected chi connectivity index (χ1v) is 6.82. The Morgan fingerprint density at radius 3 is 3.00 bits per heavy atom. The Kier molecular flexibility index (Phi) is 3.55. The zero-order valence-electron chi connectivity index (χ0n) is 10.8. The summed E-state index contributed by atoms with van der Waals surface area (Å²) >= 11 is 0. The summed E-state index contributed by atoms with van der Waals surface area (Å²) in [6.07, 6.45) is 2.32. The van der Waals surface area contributed by atoms with E-state index in [1.54, 1.807) is 0 Å². The summed E-state index contributed by atoms with van der Waals surface area (Å²) in [7, 11) is 0. The van der Waals surface area contributed by atoms with Gasteiger partial charge in [-0.1, -0.05) is 12.1 Å². The number of carbonyl (C=O) groups is 1. The fourth-order valence-corrected chi connectivity index (χ4v) is 2.52. The van der Waals surface area contributed by atoms with Gasteiger partial charge >= 0.3 is 0 Å². The molecule has 1 amide bonds. The van der Waals surface area contributed by atoms with Crippen molar-refractivity contribution in [3.8, 4) is 0 Å². The molecule has 3 rings (SSSR count). The fourth-order valence-electron chi connectivity index (χ4n) is 2.52. The lowest BCUT2D eigenvalue weighted by atomic mass is 10.1. The number of carbonyl (C=O) groups excluding carboxylic acids is 1. The number of amides is 1. The van der Waals surface area contributed by atoms with E-state index in [1.807, 2.05) is 24.3 Å². The van der Waals surface area contributed by atoms with Gasteiger partial charge in [0, 0.05) is 19.7 Å². The van der Waals surface area contributed by atoms with Crippen LogP contribution in [-0.2, 0) is 9.53 Å². The summed E-state index contributed by atoms with van der Waals surface area (Å²) in [5, 5.41) is 9.48. The van der Waals surface area contributed by atoms with Crippen molar-refractivity contribution < 1.29 is 9.53 Å². The van der Waals surface area contributed by atoms with Crippen molar-refractivity contribution in [2.75, 3.05) is 30.3 Å². The second kappa shape index (κ2) is 5.48. The molecule has 2 unspecified atom stereocenters. The highest BCUT2D eigenvalue weighted by atomic mass is 16.5. The van der Waals surface area contributed by atoms with Gasteiger partial charge in [0.25, 0.3) is 0 Å². The van der Waals surface area contributed by atoms with Crippen molar-refractivity contribution in [1.82, 2.24) is 5.32 Å². The molecule has 0 aliphatic carbocycles. The van der Waals surface area contributed by atoms with Crippen LogP contribution >= 0.6 is 0 Å². The summed E-state index contributed by atoms with van der Waals surface area (Å²) < 4.78 is 5.50. The Hall–Kier alpha value is -1.75. The van der Waals surface area contributed by atoms with Crippen molar-refractivity contribution in [2.45, 2.75) is 25.0 Å². The molecule has 2 aliphatic rings. The van der Waals surface area contributed by atoms with E-state index in [0.29, 0.717) is 13.1 Å². The molecule has 3 N–H and O–H groups in total. The molecular formula is C14H19N3O2. The fraction of sp³-hybridized carbons (Fsp3) is 0.500. The standard InChI is InChI=1S/C14H19N3O2/c18-14(16-8-10-4-3-7-19-10)13-9-15-11-5-1-2-6-12(11)17-13/h1-2,5-6,10,13,15,17H,3-4,7-9H2,(H,16,18). The van der Waals surface area contributed by atoms with E-state index < -0.39 is 0 Å². The van der Waals surface area contributed by atoms with Gasteiger partial charge in [0.2, 0.25) is 5.91 Å². The number of benzene rings is 1. The maximum Gasteiger partial charge on any atom is 0.244 e. The number of para-hydroxylation sites is 2. The van der Waals surface area contributed by atoms with Gasteiger partial charge in [0.1, 0.15) is 6.04 Å². The van der Waals surface area contributed by atoms with Gasteiger partial charge in [-0.05, 0) is 25.0 Å². The molecule has 2 atom stereocenters. The highest BCUT2D eigenvalue weighted by Gasteiger charge is 2.24. The summed E-state index contributed by atoms with van der Waals surface area (Å²) in [5.41, 5.74) is 2.02. The summed E-state index contributed by atoms with van der Waals surface area (Å²) in [5.74, 6) is 0.0255. The van der Waals surface area contributed by atoms with Gasteiger partial charge in [-0.15, -0.1) is 0 Å². The van der Waals surface area contributed by atoms with Crippen molar-refractivity contribution in [3.63, 3.8) is 0 Å². The summed E-state index contributed by atoms with van der Waals surface area (Å²) in [4.78, 5) is 12.1. The number of hydrogen-bond acceptors (Lipinski definition) is 4. The SMILES string of the molecule is O=C(NCC1CCCO1)C1CNc2ccccc2N1. The topological polar surface area (TPSA) is 62.4 Å². The van der Waals surface area contributed by atoms with Crippen LogP contribution in [0.15, 0.2) is 24.3 Å². The molecule has 0 bridgehead atoms. The molecular weight excluding hydrogens is 242 g/mol. The normalized spacial score (nSPS) is 25.1. The number of anilines is 2. The predicted octanol–water partition coefficient (Wildman–Crippen LogP) is 1.19. The highest BCUT2D eigenvalue weighted by molar-refractivity contribution is 5.88. The second-order valence-electron chi connectivity index (χ2n) is 5.00. The lowest BCUT2D eigenvalue weighted by molar-refractivity contribution is -0.122. The molecule has 5 nitrogen and oxygen atoms in total. The first kappa shape index (κ1) is 12.3. The van der Waals surface area contributed by atoms with Gasteiger partial charge < -0.3 is 20.7 Å². The van der Waals surface area contributed by atoms with Crippen LogP contribution in [0.3, 0.4) is 0 Å². The van der Waals surface area contributed by atoms with Gasteiger partial charge in [0.15, 0.2) is 0 Å². The first-order valence-electron chi connectivity index (χ1n) is 6.82. The molecule has 19 heavy (non-hydrogen) atoms. The van der Waals surface area contributed by atoms with Crippen LogP contribution in [0.4, 0.5) is 11.4 Å². The number of rotatable bonds is 3. The molecule has 0 saturated carbocycles. The monoisotopic (exact) mass is 261 g/mol. The van der Waals surface area contributed by atoms with E-state index in [2.05, 4.69) is 16.0 Å². The van der Waals surface area contributed by atoms with Crippen molar-refractivity contribution in [2.24, 2.45) is 0 Å². The van der Waals surface area contributed by atoms with Gasteiger partial charge in [-0.25, -0.2) is 0 Å². The smallest absolute Gasteiger partial charge is 0.244 e. The van der Waals surface area contributed by atoms with Crippen LogP contribution in [-0.4, -0.2) is 37.7 Å². The van der Waals surface area contributed by atoms with E-state index in [0.717, 1.165) is 30.8 Å². The molecule has 0 radical (unpaired) electrons. The molecule has 0 aromatic heterocycles. The summed E-state index contributed by atoms with van der Waals surface area (Å²) in [6, 6.07) is 7.69. The highest BCUT2D eigenvalue weighted by Crippen LogP contribution is 2.25. The Labute approximate surface area is 112 Å². The molecule has 5 heteroatoms. The Balaban J connectivity index is 1.54. The molecule has 102 valence electrons. The maximum absolute atomic E-state index is 12.1. The Bertz CT molecular complexity index is 458. The van der Waals surface area contributed by atoms with Gasteiger partial charge in [-0.2, -0.15) is 0 Å². The zero-order chi connectivity index (χ0) is 13.1. The van der Waals surface area contributed by atoms with E-state index in [4.69, 9.17) is 4.74 Å². The molecule has 1 aromatic carbocycles. The first-order chi connectivity index (χ1) is 9.33. The van der Waals surface area contributed by atoms with E-state index in [9.17, 15) is 4.79 Å². The van der Waals surface area contributed by atoms with Crippen LogP contribution in [0.2, 0.25) is 0 Å². The minimum Gasteiger partial charge on any atom is -0.381 e. The second-order valence-corrected chi connectivity index (χ2v) is 5.00. The van der Waals surface area contributed by atoms with Crippen molar-refractivity contribution in [1.29, 1.82) is 0 Å². The van der Waals surface area contributed by atoms with Crippen LogP contribution in [0, 0.1) is 0 Å². The Morgan fingerprint density at radius 1 is 1.37 bits per heavy atom.